The van der Waals surface area contributed by atoms with Gasteiger partial charge in [0, 0.05) is 23.5 Å². The van der Waals surface area contributed by atoms with Gasteiger partial charge in [-0.15, -0.1) is 0 Å². The van der Waals surface area contributed by atoms with Gasteiger partial charge in [-0.05, 0) is 57.4 Å². The van der Waals surface area contributed by atoms with Gasteiger partial charge in [-0.3, -0.25) is 4.90 Å². The summed E-state index contributed by atoms with van der Waals surface area (Å²) in [6.45, 7) is 3.03. The molecule has 5 heteroatoms. The lowest BCUT2D eigenvalue weighted by molar-refractivity contribution is 0.0580. The number of hydrogen-bond donors (Lipinski definition) is 1. The minimum atomic E-state index is -0.390. The van der Waals surface area contributed by atoms with Crippen molar-refractivity contribution in [2.45, 2.75) is 25.0 Å². The van der Waals surface area contributed by atoms with Crippen LogP contribution in [0.5, 0.6) is 5.75 Å². The van der Waals surface area contributed by atoms with Crippen LogP contribution in [0.1, 0.15) is 12.0 Å². The summed E-state index contributed by atoms with van der Waals surface area (Å²) in [5.41, 5.74) is 1.09. The molecule has 0 aliphatic carbocycles. The predicted molar refractivity (Wildman–Crippen MR) is 88.9 cm³/mol. The van der Waals surface area contributed by atoms with Crippen LogP contribution in [0, 0.1) is 0 Å². The molecule has 1 aliphatic heterocycles. The van der Waals surface area contributed by atoms with Crippen molar-refractivity contribution in [3.63, 3.8) is 0 Å². The zero-order valence-corrected chi connectivity index (χ0v) is 14.6. The van der Waals surface area contributed by atoms with Crippen LogP contribution >= 0.6 is 15.9 Å². The summed E-state index contributed by atoms with van der Waals surface area (Å²) in [5, 5.41) is 10.7. The maximum Gasteiger partial charge on any atom is 0.119 e. The molecule has 1 aromatic rings. The summed E-state index contributed by atoms with van der Waals surface area (Å²) in [5.74, 6) is 0.826. The number of nitrogens with zero attached hydrogens (tertiary/aromatic N) is 2. The van der Waals surface area contributed by atoms with Crippen molar-refractivity contribution < 1.29 is 9.84 Å². The highest BCUT2D eigenvalue weighted by molar-refractivity contribution is 9.10. The Morgan fingerprint density at radius 2 is 2.14 bits per heavy atom. The molecule has 0 spiro atoms. The molecule has 0 aromatic heterocycles. The highest BCUT2D eigenvalue weighted by Crippen LogP contribution is 2.25. The molecule has 0 saturated carbocycles. The van der Waals surface area contributed by atoms with E-state index in [4.69, 9.17) is 4.74 Å². The number of ether oxygens (including phenoxy) is 1. The van der Waals surface area contributed by atoms with Crippen LogP contribution in [0.2, 0.25) is 0 Å². The van der Waals surface area contributed by atoms with Gasteiger partial charge in [-0.2, -0.15) is 0 Å². The van der Waals surface area contributed by atoms with Gasteiger partial charge in [0.15, 0.2) is 0 Å². The Balaban J connectivity index is 2.10. The average Bonchev–Trinajstić information content (AvgIpc) is 2.62. The Morgan fingerprint density at radius 1 is 1.38 bits per heavy atom. The second-order valence-electron chi connectivity index (χ2n) is 5.89. The fourth-order valence-corrected chi connectivity index (χ4v) is 3.33. The van der Waals surface area contributed by atoms with Crippen molar-refractivity contribution in [3.05, 3.63) is 28.2 Å². The smallest absolute Gasteiger partial charge is 0.119 e. The van der Waals surface area contributed by atoms with Crippen molar-refractivity contribution in [1.82, 2.24) is 9.80 Å². The summed E-state index contributed by atoms with van der Waals surface area (Å²) in [6, 6.07) is 6.05. The van der Waals surface area contributed by atoms with E-state index in [9.17, 15) is 5.11 Å². The monoisotopic (exact) mass is 356 g/mol. The van der Waals surface area contributed by atoms with Crippen LogP contribution < -0.4 is 4.74 Å². The lowest BCUT2D eigenvalue weighted by Crippen LogP contribution is -2.47. The topological polar surface area (TPSA) is 35.9 Å². The molecule has 1 N–H and O–H groups in total. The molecule has 0 bridgehead atoms. The number of halogens is 1. The van der Waals surface area contributed by atoms with Crippen LogP contribution in [0.15, 0.2) is 22.7 Å². The largest absolute Gasteiger partial charge is 0.497 e. The van der Waals surface area contributed by atoms with Gasteiger partial charge in [0.05, 0.1) is 13.2 Å². The molecule has 21 heavy (non-hydrogen) atoms. The van der Waals surface area contributed by atoms with Gasteiger partial charge in [0.1, 0.15) is 5.75 Å². The first kappa shape index (κ1) is 16.7. The van der Waals surface area contributed by atoms with E-state index in [0.29, 0.717) is 6.42 Å². The van der Waals surface area contributed by atoms with E-state index in [1.165, 1.54) is 0 Å². The molecule has 1 fully saturated rings. The van der Waals surface area contributed by atoms with Crippen molar-refractivity contribution in [3.8, 4) is 5.75 Å². The molecule has 1 aliphatic rings. The van der Waals surface area contributed by atoms with Gasteiger partial charge in [-0.25, -0.2) is 0 Å². The summed E-state index contributed by atoms with van der Waals surface area (Å²) >= 11 is 3.56. The van der Waals surface area contributed by atoms with E-state index in [1.807, 2.05) is 18.2 Å². The van der Waals surface area contributed by atoms with Crippen LogP contribution in [0.4, 0.5) is 0 Å². The normalized spacial score (nSPS) is 22.8. The standard InChI is InChI=1S/C16H25BrN2O2/c1-18-7-4-8-19(2)15(11-18)16(20)10-12-9-13(21-3)5-6-14(12)17/h5-6,9,15-16,20H,4,7-8,10-11H2,1-3H3. The number of rotatable bonds is 4. The maximum absolute atomic E-state index is 10.7. The van der Waals surface area contributed by atoms with Gasteiger partial charge >= 0.3 is 0 Å². The molecular formula is C16H25BrN2O2. The Bertz CT molecular complexity index is 470. The van der Waals surface area contributed by atoms with Gasteiger partial charge < -0.3 is 14.7 Å². The molecule has 2 atom stereocenters. The van der Waals surface area contributed by atoms with Gasteiger partial charge in [0.2, 0.25) is 0 Å². The van der Waals surface area contributed by atoms with E-state index in [-0.39, 0.29) is 12.1 Å². The Labute approximate surface area is 135 Å². The predicted octanol–water partition coefficient (Wildman–Crippen LogP) is 2.00. The summed E-state index contributed by atoms with van der Waals surface area (Å²) in [6.07, 6.45) is 1.39. The highest BCUT2D eigenvalue weighted by Gasteiger charge is 2.27. The van der Waals surface area contributed by atoms with Crippen LogP contribution in [-0.4, -0.2) is 67.9 Å². The third kappa shape index (κ3) is 4.42. The number of likely N-dealkylation sites (N-methyl/N-ethyl adjacent to an activating group) is 2. The summed E-state index contributed by atoms with van der Waals surface area (Å²) in [7, 11) is 5.89. The molecule has 0 amide bonds. The summed E-state index contributed by atoms with van der Waals surface area (Å²) < 4.78 is 6.29. The second-order valence-corrected chi connectivity index (χ2v) is 6.75. The number of benzene rings is 1. The fourth-order valence-electron chi connectivity index (χ4n) is 2.92. The molecule has 4 nitrogen and oxygen atoms in total. The third-order valence-electron chi connectivity index (χ3n) is 4.24. The molecule has 1 heterocycles. The quantitative estimate of drug-likeness (QED) is 0.894. The van der Waals surface area contributed by atoms with E-state index < -0.39 is 0 Å². The van der Waals surface area contributed by atoms with E-state index >= 15 is 0 Å². The van der Waals surface area contributed by atoms with Crippen molar-refractivity contribution in [1.29, 1.82) is 0 Å². The lowest BCUT2D eigenvalue weighted by Gasteiger charge is -2.31. The zero-order valence-electron chi connectivity index (χ0n) is 13.1. The minimum Gasteiger partial charge on any atom is -0.497 e. The second kappa shape index (κ2) is 7.58. The number of aliphatic hydroxyl groups excluding tert-OH is 1. The van der Waals surface area contributed by atoms with Crippen molar-refractivity contribution in [2.75, 3.05) is 40.8 Å². The Morgan fingerprint density at radius 3 is 2.86 bits per heavy atom. The first-order chi connectivity index (χ1) is 10.0. The molecule has 2 rings (SSSR count). The van der Waals surface area contributed by atoms with Crippen LogP contribution in [-0.2, 0) is 6.42 Å². The summed E-state index contributed by atoms with van der Waals surface area (Å²) in [4.78, 5) is 4.58. The van der Waals surface area contributed by atoms with E-state index in [1.54, 1.807) is 7.11 Å². The fraction of sp³-hybridized carbons (Fsp3) is 0.625. The Kier molecular flexibility index (Phi) is 6.05. The number of methoxy groups -OCH3 is 1. The van der Waals surface area contributed by atoms with Crippen molar-refractivity contribution in [2.24, 2.45) is 0 Å². The van der Waals surface area contributed by atoms with E-state index in [0.717, 1.165) is 41.8 Å². The SMILES string of the molecule is COc1ccc(Br)c(CC(O)C2CN(C)CCCN2C)c1. The minimum absolute atomic E-state index is 0.163. The molecule has 0 radical (unpaired) electrons. The number of aliphatic hydroxyl groups is 1. The van der Waals surface area contributed by atoms with Crippen LogP contribution in [0.3, 0.4) is 0 Å². The van der Waals surface area contributed by atoms with Gasteiger partial charge in [0.25, 0.3) is 0 Å². The van der Waals surface area contributed by atoms with E-state index in [2.05, 4.69) is 39.8 Å². The Hall–Kier alpha value is -0.620. The average molecular weight is 357 g/mol. The molecular weight excluding hydrogens is 332 g/mol. The maximum atomic E-state index is 10.7. The number of hydrogen-bond acceptors (Lipinski definition) is 4. The first-order valence-electron chi connectivity index (χ1n) is 7.40. The van der Waals surface area contributed by atoms with Crippen LogP contribution in [0.25, 0.3) is 0 Å². The van der Waals surface area contributed by atoms with Gasteiger partial charge in [-0.1, -0.05) is 15.9 Å². The third-order valence-corrected chi connectivity index (χ3v) is 5.02. The molecule has 118 valence electrons. The molecule has 1 saturated heterocycles. The molecule has 2 unspecified atom stereocenters. The lowest BCUT2D eigenvalue weighted by atomic mass is 10.0. The molecule has 1 aromatic carbocycles. The zero-order chi connectivity index (χ0) is 15.4. The first-order valence-corrected chi connectivity index (χ1v) is 8.20. The highest BCUT2D eigenvalue weighted by atomic mass is 79.9. The van der Waals surface area contributed by atoms with Crippen molar-refractivity contribution >= 4 is 15.9 Å².